The Kier molecular flexibility index (Phi) is 6.15. The summed E-state index contributed by atoms with van der Waals surface area (Å²) >= 11 is 1.40. The van der Waals surface area contributed by atoms with Gasteiger partial charge in [0.25, 0.3) is 5.56 Å². The maximum Gasteiger partial charge on any atom is 0.273 e. The van der Waals surface area contributed by atoms with E-state index in [-0.39, 0.29) is 17.4 Å². The Morgan fingerprint density at radius 3 is 2.82 bits per heavy atom. The first-order valence-corrected chi connectivity index (χ1v) is 12.2. The van der Waals surface area contributed by atoms with Crippen molar-refractivity contribution in [2.24, 2.45) is 5.92 Å². The van der Waals surface area contributed by atoms with E-state index in [0.717, 1.165) is 24.0 Å². The Morgan fingerprint density at radius 2 is 2.03 bits per heavy atom. The summed E-state index contributed by atoms with van der Waals surface area (Å²) in [6.07, 6.45) is 1.52. The number of fused-ring (bicyclic) bond motifs is 1. The number of amides is 1. The molecule has 1 saturated heterocycles. The molecule has 1 fully saturated rings. The highest BCUT2D eigenvalue weighted by molar-refractivity contribution is 7.17. The SMILES string of the molecule is Cc1ccc(Cn2c(N3CCC[C@H](C(=O)Nc4cccc(F)c4)C3)nc3ccsc3c2=O)cc1. The van der Waals surface area contributed by atoms with Crippen LogP contribution in [0.4, 0.5) is 16.0 Å². The number of aryl methyl sites for hydroxylation is 1. The number of piperidine rings is 1. The third-order valence-corrected chi connectivity index (χ3v) is 7.07. The Bertz CT molecular complexity index is 1400. The van der Waals surface area contributed by atoms with Crippen LogP contribution in [0.25, 0.3) is 10.2 Å². The van der Waals surface area contributed by atoms with Crippen LogP contribution < -0.4 is 15.8 Å². The maximum absolute atomic E-state index is 13.5. The van der Waals surface area contributed by atoms with Crippen molar-refractivity contribution in [3.63, 3.8) is 0 Å². The first-order valence-electron chi connectivity index (χ1n) is 11.3. The molecule has 1 atom stereocenters. The number of halogens is 1. The standard InChI is InChI=1S/C26H25FN4O2S/c1-17-7-9-18(10-8-17)15-31-25(33)23-22(11-13-34-23)29-26(31)30-12-3-4-19(16-30)24(32)28-21-6-2-5-20(27)14-21/h2,5-11,13-14,19H,3-4,12,15-16H2,1H3,(H,28,32)/t19-/m0/s1. The highest BCUT2D eigenvalue weighted by Crippen LogP contribution is 2.26. The van der Waals surface area contributed by atoms with Crippen molar-refractivity contribution in [3.8, 4) is 0 Å². The fourth-order valence-corrected chi connectivity index (χ4v) is 5.15. The van der Waals surface area contributed by atoms with Gasteiger partial charge in [0.15, 0.2) is 0 Å². The van der Waals surface area contributed by atoms with E-state index >= 15 is 0 Å². The fourth-order valence-electron chi connectivity index (χ4n) is 4.38. The smallest absolute Gasteiger partial charge is 0.273 e. The number of anilines is 2. The van der Waals surface area contributed by atoms with Crippen molar-refractivity contribution >= 4 is 39.1 Å². The van der Waals surface area contributed by atoms with Crippen LogP contribution in [0.15, 0.2) is 64.8 Å². The summed E-state index contributed by atoms with van der Waals surface area (Å²) in [7, 11) is 0. The van der Waals surface area contributed by atoms with Gasteiger partial charge in [-0.05, 0) is 55.0 Å². The summed E-state index contributed by atoms with van der Waals surface area (Å²) in [5.41, 5.74) is 3.23. The first-order chi connectivity index (χ1) is 16.5. The van der Waals surface area contributed by atoms with Crippen LogP contribution >= 0.6 is 11.3 Å². The summed E-state index contributed by atoms with van der Waals surface area (Å²) in [5, 5.41) is 4.71. The van der Waals surface area contributed by atoms with Crippen LogP contribution in [0, 0.1) is 18.7 Å². The van der Waals surface area contributed by atoms with Gasteiger partial charge in [-0.3, -0.25) is 14.2 Å². The summed E-state index contributed by atoms with van der Waals surface area (Å²) in [4.78, 5) is 33.2. The molecule has 0 saturated carbocycles. The molecule has 2 aromatic carbocycles. The lowest BCUT2D eigenvalue weighted by Crippen LogP contribution is -2.43. The summed E-state index contributed by atoms with van der Waals surface area (Å²) in [6.45, 7) is 3.59. The molecular formula is C26H25FN4O2S. The van der Waals surface area contributed by atoms with E-state index < -0.39 is 5.82 Å². The number of benzene rings is 2. The highest BCUT2D eigenvalue weighted by Gasteiger charge is 2.29. The summed E-state index contributed by atoms with van der Waals surface area (Å²) < 4.78 is 15.9. The molecule has 6 nitrogen and oxygen atoms in total. The van der Waals surface area contributed by atoms with Gasteiger partial charge in [-0.2, -0.15) is 0 Å². The van der Waals surface area contributed by atoms with Crippen molar-refractivity contribution in [1.82, 2.24) is 9.55 Å². The van der Waals surface area contributed by atoms with E-state index in [4.69, 9.17) is 4.98 Å². The zero-order valence-electron chi connectivity index (χ0n) is 18.8. The number of hydrogen-bond acceptors (Lipinski definition) is 5. The molecule has 0 unspecified atom stereocenters. The lowest BCUT2D eigenvalue weighted by Gasteiger charge is -2.34. The average Bonchev–Trinajstić information content (AvgIpc) is 3.31. The van der Waals surface area contributed by atoms with Crippen molar-refractivity contribution in [2.75, 3.05) is 23.3 Å². The lowest BCUT2D eigenvalue weighted by atomic mass is 9.97. The highest BCUT2D eigenvalue weighted by atomic mass is 32.1. The molecule has 0 aliphatic carbocycles. The first kappa shape index (κ1) is 22.3. The van der Waals surface area contributed by atoms with Crippen LogP contribution in [0.2, 0.25) is 0 Å². The van der Waals surface area contributed by atoms with Crippen LogP contribution in [0.3, 0.4) is 0 Å². The monoisotopic (exact) mass is 476 g/mol. The maximum atomic E-state index is 13.5. The number of carbonyl (C=O) groups excluding carboxylic acids is 1. The van der Waals surface area contributed by atoms with E-state index in [1.807, 2.05) is 47.5 Å². The molecule has 5 rings (SSSR count). The molecule has 0 spiro atoms. The topological polar surface area (TPSA) is 67.2 Å². The predicted molar refractivity (Wildman–Crippen MR) is 134 cm³/mol. The molecule has 1 N–H and O–H groups in total. The van der Waals surface area contributed by atoms with Crippen LogP contribution in [-0.4, -0.2) is 28.5 Å². The van der Waals surface area contributed by atoms with Gasteiger partial charge in [0.1, 0.15) is 10.5 Å². The molecule has 1 amide bonds. The number of hydrogen-bond donors (Lipinski definition) is 1. The second kappa shape index (κ2) is 9.38. The van der Waals surface area contributed by atoms with Gasteiger partial charge in [-0.25, -0.2) is 9.37 Å². The lowest BCUT2D eigenvalue weighted by molar-refractivity contribution is -0.120. The van der Waals surface area contributed by atoms with Gasteiger partial charge in [0.05, 0.1) is 18.0 Å². The molecule has 1 aliphatic rings. The molecule has 34 heavy (non-hydrogen) atoms. The minimum atomic E-state index is -0.392. The molecule has 0 bridgehead atoms. The van der Waals surface area contributed by atoms with Gasteiger partial charge in [-0.15, -0.1) is 11.3 Å². The Hall–Kier alpha value is -3.52. The molecule has 0 radical (unpaired) electrons. The third kappa shape index (κ3) is 4.59. The number of rotatable bonds is 5. The van der Waals surface area contributed by atoms with E-state index in [1.165, 1.54) is 23.5 Å². The molecule has 4 aromatic rings. The van der Waals surface area contributed by atoms with Gasteiger partial charge in [0, 0.05) is 18.8 Å². The van der Waals surface area contributed by atoms with Crippen molar-refractivity contribution in [1.29, 1.82) is 0 Å². The van der Waals surface area contributed by atoms with Crippen LogP contribution in [0.1, 0.15) is 24.0 Å². The van der Waals surface area contributed by atoms with E-state index in [2.05, 4.69) is 5.32 Å². The normalized spacial score (nSPS) is 16.1. The predicted octanol–water partition coefficient (Wildman–Crippen LogP) is 4.81. The molecule has 2 aromatic heterocycles. The Morgan fingerprint density at radius 1 is 1.21 bits per heavy atom. The minimum Gasteiger partial charge on any atom is -0.341 e. The van der Waals surface area contributed by atoms with Crippen LogP contribution in [0.5, 0.6) is 0 Å². The summed E-state index contributed by atoms with van der Waals surface area (Å²) in [6, 6.07) is 15.9. The fraction of sp³-hybridized carbons (Fsp3) is 0.269. The molecular weight excluding hydrogens is 451 g/mol. The van der Waals surface area contributed by atoms with Gasteiger partial charge in [-0.1, -0.05) is 35.9 Å². The summed E-state index contributed by atoms with van der Waals surface area (Å²) in [5.74, 6) is -0.254. The number of carbonyl (C=O) groups is 1. The Labute approximate surface area is 200 Å². The average molecular weight is 477 g/mol. The number of nitrogens with one attached hydrogen (secondary N) is 1. The molecule has 8 heteroatoms. The van der Waals surface area contributed by atoms with Crippen molar-refractivity contribution in [3.05, 3.63) is 87.3 Å². The quantitative estimate of drug-likeness (QED) is 0.449. The van der Waals surface area contributed by atoms with Gasteiger partial charge < -0.3 is 10.2 Å². The minimum absolute atomic E-state index is 0.0677. The van der Waals surface area contributed by atoms with Crippen molar-refractivity contribution in [2.45, 2.75) is 26.3 Å². The van der Waals surface area contributed by atoms with Gasteiger partial charge >= 0.3 is 0 Å². The third-order valence-electron chi connectivity index (χ3n) is 6.17. The van der Waals surface area contributed by atoms with E-state index in [0.29, 0.717) is 41.5 Å². The number of aromatic nitrogens is 2. The largest absolute Gasteiger partial charge is 0.341 e. The zero-order chi connectivity index (χ0) is 23.7. The van der Waals surface area contributed by atoms with Gasteiger partial charge in [0.2, 0.25) is 11.9 Å². The zero-order valence-corrected chi connectivity index (χ0v) is 19.6. The second-order valence-corrected chi connectivity index (χ2v) is 9.62. The van der Waals surface area contributed by atoms with E-state index in [9.17, 15) is 14.0 Å². The number of nitrogens with zero attached hydrogens (tertiary/aromatic N) is 3. The van der Waals surface area contributed by atoms with E-state index in [1.54, 1.807) is 16.7 Å². The second-order valence-electron chi connectivity index (χ2n) is 8.71. The molecule has 174 valence electrons. The van der Waals surface area contributed by atoms with Crippen molar-refractivity contribution < 1.29 is 9.18 Å². The number of thiophene rings is 1. The molecule has 3 heterocycles. The Balaban J connectivity index is 1.44. The van der Waals surface area contributed by atoms with Crippen LogP contribution in [-0.2, 0) is 11.3 Å². The molecule has 1 aliphatic heterocycles.